The summed E-state index contributed by atoms with van der Waals surface area (Å²) in [6.07, 6.45) is 0.495. The first-order valence-corrected chi connectivity index (χ1v) is 9.14. The number of nitrogens with one attached hydrogen (secondary N) is 1. The highest BCUT2D eigenvalue weighted by Gasteiger charge is 2.51. The molecule has 1 aromatic carbocycles. The zero-order chi connectivity index (χ0) is 17.3. The van der Waals surface area contributed by atoms with E-state index in [1.807, 2.05) is 30.3 Å². The van der Waals surface area contributed by atoms with Crippen molar-refractivity contribution in [1.29, 1.82) is 0 Å². The molecular formula is C15H21NO6Si. The minimum Gasteiger partial charge on any atom is -0.455 e. The summed E-state index contributed by atoms with van der Waals surface area (Å²) < 4.78 is 15.3. The van der Waals surface area contributed by atoms with Gasteiger partial charge in [0.15, 0.2) is 0 Å². The fourth-order valence-corrected chi connectivity index (χ4v) is 4.32. The molecule has 126 valence electrons. The number of hydrogen-bond donors (Lipinski definition) is 1. The fraction of sp³-hybridized carbons (Fsp3) is 0.400. The zero-order valence-corrected chi connectivity index (χ0v) is 14.5. The summed E-state index contributed by atoms with van der Waals surface area (Å²) in [7, 11) is -3.71. The van der Waals surface area contributed by atoms with Gasteiger partial charge in [0.05, 0.1) is 6.04 Å². The van der Waals surface area contributed by atoms with E-state index in [-0.39, 0.29) is 6.04 Å². The van der Waals surface area contributed by atoms with Gasteiger partial charge in [-0.3, -0.25) is 14.4 Å². The Bertz CT molecular complexity index is 507. The molecule has 0 aromatic heterocycles. The van der Waals surface area contributed by atoms with Crippen LogP contribution in [0.25, 0.3) is 0 Å². The minimum absolute atomic E-state index is 0.158. The Kier molecular flexibility index (Phi) is 7.26. The molecule has 0 saturated heterocycles. The Morgan fingerprint density at radius 2 is 1.39 bits per heavy atom. The molecule has 0 aliphatic heterocycles. The maximum atomic E-state index is 11.3. The standard InChI is InChI=1S/C15H21NO6Si/c1-12(17)20-23(21-13(2)18,22-14(3)19)11-7-10-16-15-8-5-4-6-9-15/h4-6,8-9,16H,7,10-11H2,1-3H3. The first-order chi connectivity index (χ1) is 10.8. The summed E-state index contributed by atoms with van der Waals surface area (Å²) >= 11 is 0. The lowest BCUT2D eigenvalue weighted by molar-refractivity contribution is -0.147. The molecule has 0 aliphatic carbocycles. The van der Waals surface area contributed by atoms with Crippen LogP contribution in [0.3, 0.4) is 0 Å². The van der Waals surface area contributed by atoms with Gasteiger partial charge in [0.1, 0.15) is 0 Å². The fourth-order valence-electron chi connectivity index (χ4n) is 1.97. The van der Waals surface area contributed by atoms with Gasteiger partial charge in [-0.2, -0.15) is 0 Å². The highest BCUT2D eigenvalue weighted by atomic mass is 28.4. The van der Waals surface area contributed by atoms with Crippen LogP contribution in [0.15, 0.2) is 30.3 Å². The Morgan fingerprint density at radius 3 is 1.83 bits per heavy atom. The first-order valence-electron chi connectivity index (χ1n) is 7.20. The number of carbonyl (C=O) groups is 3. The van der Waals surface area contributed by atoms with E-state index >= 15 is 0 Å². The zero-order valence-electron chi connectivity index (χ0n) is 13.5. The van der Waals surface area contributed by atoms with Crippen molar-refractivity contribution in [2.75, 3.05) is 11.9 Å². The van der Waals surface area contributed by atoms with E-state index in [1.165, 1.54) is 20.8 Å². The van der Waals surface area contributed by atoms with Crippen molar-refractivity contribution in [3.63, 3.8) is 0 Å². The molecule has 23 heavy (non-hydrogen) atoms. The summed E-state index contributed by atoms with van der Waals surface area (Å²) in [5.41, 5.74) is 0.937. The molecular weight excluding hydrogens is 318 g/mol. The molecule has 0 unspecified atom stereocenters. The van der Waals surface area contributed by atoms with Crippen LogP contribution in [0, 0.1) is 0 Å². The molecule has 0 fully saturated rings. The molecule has 0 heterocycles. The van der Waals surface area contributed by atoms with Gasteiger partial charge in [-0.25, -0.2) is 0 Å². The molecule has 0 aliphatic rings. The van der Waals surface area contributed by atoms with E-state index < -0.39 is 26.7 Å². The monoisotopic (exact) mass is 339 g/mol. The summed E-state index contributed by atoms with van der Waals surface area (Å²) in [4.78, 5) is 33.9. The van der Waals surface area contributed by atoms with Crippen molar-refractivity contribution in [1.82, 2.24) is 0 Å². The average Bonchev–Trinajstić information content (AvgIpc) is 2.42. The van der Waals surface area contributed by atoms with Crippen LogP contribution in [-0.2, 0) is 27.7 Å². The number of para-hydroxylation sites is 1. The maximum absolute atomic E-state index is 11.3. The lowest BCUT2D eigenvalue weighted by atomic mass is 10.3. The third kappa shape index (κ3) is 7.46. The molecule has 0 saturated carbocycles. The molecule has 0 atom stereocenters. The molecule has 1 rings (SSSR count). The minimum atomic E-state index is -3.71. The van der Waals surface area contributed by atoms with Gasteiger partial charge in [-0.15, -0.1) is 0 Å². The summed E-state index contributed by atoms with van der Waals surface area (Å²) in [6, 6.07) is 9.69. The van der Waals surface area contributed by atoms with Crippen molar-refractivity contribution in [3.05, 3.63) is 30.3 Å². The molecule has 7 nitrogen and oxygen atoms in total. The molecule has 1 N–H and O–H groups in total. The predicted molar refractivity (Wildman–Crippen MR) is 85.4 cm³/mol. The first kappa shape index (κ1) is 18.7. The van der Waals surface area contributed by atoms with Gasteiger partial charge < -0.3 is 18.6 Å². The second-order valence-corrected chi connectivity index (χ2v) is 7.34. The van der Waals surface area contributed by atoms with E-state index in [0.717, 1.165) is 5.69 Å². The second kappa shape index (κ2) is 8.94. The van der Waals surface area contributed by atoms with Crippen LogP contribution in [0.4, 0.5) is 5.69 Å². The van der Waals surface area contributed by atoms with E-state index in [0.29, 0.717) is 13.0 Å². The van der Waals surface area contributed by atoms with Gasteiger partial charge >= 0.3 is 8.80 Å². The lowest BCUT2D eigenvalue weighted by Gasteiger charge is -2.26. The topological polar surface area (TPSA) is 90.9 Å². The molecule has 8 heteroatoms. The summed E-state index contributed by atoms with van der Waals surface area (Å²) in [5.74, 6) is -1.97. The van der Waals surface area contributed by atoms with Crippen molar-refractivity contribution < 1.29 is 27.7 Å². The SMILES string of the molecule is CC(=O)O[Si](CCCNc1ccccc1)(OC(C)=O)OC(C)=O. The Hall–Kier alpha value is -2.35. The molecule has 0 amide bonds. The number of hydrogen-bond acceptors (Lipinski definition) is 7. The highest BCUT2D eigenvalue weighted by Crippen LogP contribution is 2.19. The van der Waals surface area contributed by atoms with Crippen LogP contribution < -0.4 is 5.32 Å². The van der Waals surface area contributed by atoms with Crippen LogP contribution in [0.1, 0.15) is 27.2 Å². The highest BCUT2D eigenvalue weighted by molar-refractivity contribution is 6.65. The average molecular weight is 339 g/mol. The quantitative estimate of drug-likeness (QED) is 0.573. The molecule has 0 radical (unpaired) electrons. The van der Waals surface area contributed by atoms with Crippen molar-refractivity contribution >= 4 is 32.4 Å². The summed E-state index contributed by atoms with van der Waals surface area (Å²) in [6.45, 7) is 4.08. The van der Waals surface area contributed by atoms with E-state index in [9.17, 15) is 14.4 Å². The lowest BCUT2D eigenvalue weighted by Crippen LogP contribution is -2.49. The Balaban J connectivity index is 2.67. The van der Waals surface area contributed by atoms with Crippen LogP contribution in [0.2, 0.25) is 6.04 Å². The third-order valence-electron chi connectivity index (χ3n) is 2.66. The normalized spacial score (nSPS) is 10.6. The molecule has 0 spiro atoms. The van der Waals surface area contributed by atoms with Crippen LogP contribution >= 0.6 is 0 Å². The van der Waals surface area contributed by atoms with E-state index in [2.05, 4.69) is 5.32 Å². The van der Waals surface area contributed by atoms with Crippen molar-refractivity contribution in [2.45, 2.75) is 33.2 Å². The van der Waals surface area contributed by atoms with Gasteiger partial charge in [-0.05, 0) is 18.6 Å². The van der Waals surface area contributed by atoms with Crippen LogP contribution in [-0.4, -0.2) is 33.3 Å². The number of carbonyl (C=O) groups excluding carboxylic acids is 3. The molecule has 1 aromatic rings. The largest absolute Gasteiger partial charge is 0.705 e. The van der Waals surface area contributed by atoms with Gasteiger partial charge in [0.2, 0.25) is 0 Å². The number of anilines is 1. The molecule has 0 bridgehead atoms. The van der Waals surface area contributed by atoms with Gasteiger partial charge in [-0.1, -0.05) is 18.2 Å². The maximum Gasteiger partial charge on any atom is 0.705 e. The van der Waals surface area contributed by atoms with Gasteiger partial charge in [0.25, 0.3) is 17.9 Å². The predicted octanol–water partition coefficient (Wildman–Crippen LogP) is 2.12. The van der Waals surface area contributed by atoms with E-state index in [4.69, 9.17) is 13.3 Å². The Morgan fingerprint density at radius 1 is 0.913 bits per heavy atom. The number of rotatable bonds is 8. The van der Waals surface area contributed by atoms with Crippen molar-refractivity contribution in [3.8, 4) is 0 Å². The smallest absolute Gasteiger partial charge is 0.455 e. The third-order valence-corrected chi connectivity index (χ3v) is 5.42. The number of benzene rings is 1. The van der Waals surface area contributed by atoms with Crippen molar-refractivity contribution in [2.24, 2.45) is 0 Å². The summed E-state index contributed by atoms with van der Waals surface area (Å²) in [5, 5.41) is 3.18. The van der Waals surface area contributed by atoms with Gasteiger partial charge in [0, 0.05) is 33.0 Å². The van der Waals surface area contributed by atoms with Crippen LogP contribution in [0.5, 0.6) is 0 Å². The second-order valence-electron chi connectivity index (χ2n) is 4.86. The Labute approximate surface area is 136 Å². The van der Waals surface area contributed by atoms with E-state index in [1.54, 1.807) is 0 Å².